The van der Waals surface area contributed by atoms with Crippen LogP contribution in [-0.2, 0) is 4.79 Å². The molecule has 1 amide bonds. The molecule has 9 nitrogen and oxygen atoms in total. The maximum atomic E-state index is 12.0. The highest BCUT2D eigenvalue weighted by atomic mass is 19.4. The van der Waals surface area contributed by atoms with Crippen LogP contribution in [0, 0.1) is 0 Å². The van der Waals surface area contributed by atoms with Gasteiger partial charge < -0.3 is 15.4 Å². The maximum absolute atomic E-state index is 12.0. The number of benzene rings is 1. The Morgan fingerprint density at radius 2 is 1.75 bits per heavy atom. The smallest absolute Gasteiger partial charge is 0.371 e. The van der Waals surface area contributed by atoms with Gasteiger partial charge in [-0.05, 0) is 38.6 Å². The molecule has 12 heteroatoms. The summed E-state index contributed by atoms with van der Waals surface area (Å²) >= 11 is 0. The second kappa shape index (κ2) is 11.2. The predicted molar refractivity (Wildman–Crippen MR) is 96.6 cm³/mol. The van der Waals surface area contributed by atoms with Gasteiger partial charge >= 0.3 is 18.0 Å². The van der Waals surface area contributed by atoms with Crippen molar-refractivity contribution in [1.29, 1.82) is 0 Å². The molecule has 0 unspecified atom stereocenters. The van der Waals surface area contributed by atoms with Gasteiger partial charge in [0.05, 0.1) is 6.54 Å². The maximum Gasteiger partial charge on any atom is 0.471 e. The number of nitrogens with zero attached hydrogens (tertiary/aromatic N) is 2. The third-order valence-electron chi connectivity index (χ3n) is 3.76. The Morgan fingerprint density at radius 1 is 1.18 bits per heavy atom. The summed E-state index contributed by atoms with van der Waals surface area (Å²) in [6.07, 6.45) is -3.82. The summed E-state index contributed by atoms with van der Waals surface area (Å²) < 4.78 is 36.8. The Hall–Kier alpha value is -2.73. The van der Waals surface area contributed by atoms with Gasteiger partial charge in [0.25, 0.3) is 0 Å². The Balaban J connectivity index is 2.29. The average molecular weight is 407 g/mol. The fourth-order valence-electron chi connectivity index (χ4n) is 2.29. The normalized spacial score (nSPS) is 12.5. The lowest BCUT2D eigenvalue weighted by atomic mass is 10.3. The first-order valence-corrected chi connectivity index (χ1v) is 8.54. The molecule has 28 heavy (non-hydrogen) atoms. The van der Waals surface area contributed by atoms with Gasteiger partial charge in [-0.3, -0.25) is 26.5 Å². The van der Waals surface area contributed by atoms with Crippen LogP contribution in [0.2, 0.25) is 0 Å². The van der Waals surface area contributed by atoms with Crippen molar-refractivity contribution in [3.8, 4) is 0 Å². The zero-order chi connectivity index (χ0) is 21.2. The average Bonchev–Trinajstić information content (AvgIpc) is 2.66. The summed E-state index contributed by atoms with van der Waals surface area (Å²) in [6.45, 7) is 1.53. The number of hydrogen-bond donors (Lipinski definition) is 6. The van der Waals surface area contributed by atoms with E-state index in [1.54, 1.807) is 31.3 Å². The van der Waals surface area contributed by atoms with E-state index >= 15 is 0 Å². The first-order chi connectivity index (χ1) is 13.2. The SMILES string of the molecule is CN(CCCNC(=O)C(F)(F)F)CCCN/C(N)=[N+](\O)c1ccccc1NO. The molecule has 0 fully saturated rings. The van der Waals surface area contributed by atoms with Gasteiger partial charge in [-0.25, -0.2) is 0 Å². The summed E-state index contributed by atoms with van der Waals surface area (Å²) in [5.74, 6) is -1.96. The standard InChI is InChI=1S/C16H25F3N6O3/c1-24(10-4-8-21-14(26)16(17,18)19)11-5-9-22-15(20)25(28)13-7-3-2-6-12(13)23-27/h2-3,6-7,23,27-28H,4-5,8-11H2,1H3,(H3,20,21,22,26)/p+1. The zero-order valence-electron chi connectivity index (χ0n) is 15.5. The van der Waals surface area contributed by atoms with E-state index in [1.807, 2.05) is 15.7 Å². The van der Waals surface area contributed by atoms with Crippen LogP contribution in [0.25, 0.3) is 0 Å². The van der Waals surface area contributed by atoms with E-state index in [0.717, 1.165) is 0 Å². The van der Waals surface area contributed by atoms with Crippen LogP contribution in [0.1, 0.15) is 12.8 Å². The minimum absolute atomic E-state index is 0.0276. The number of rotatable bonds is 10. The Bertz CT molecular complexity index is 669. The summed E-state index contributed by atoms with van der Waals surface area (Å²) in [7, 11) is 1.81. The van der Waals surface area contributed by atoms with Gasteiger partial charge in [-0.2, -0.15) is 13.2 Å². The van der Waals surface area contributed by atoms with Crippen LogP contribution >= 0.6 is 0 Å². The number of hydrogen-bond acceptors (Lipinski definition) is 5. The quantitative estimate of drug-likeness (QED) is 0.0847. The van der Waals surface area contributed by atoms with Crippen molar-refractivity contribution in [2.24, 2.45) is 5.73 Å². The van der Waals surface area contributed by atoms with E-state index in [2.05, 4.69) is 5.32 Å². The number of amides is 1. The van der Waals surface area contributed by atoms with Crippen LogP contribution < -0.4 is 21.8 Å². The molecule has 0 radical (unpaired) electrons. The van der Waals surface area contributed by atoms with Crippen molar-refractivity contribution in [3.05, 3.63) is 24.3 Å². The molecule has 0 aromatic heterocycles. The number of alkyl halides is 3. The molecule has 0 spiro atoms. The summed E-state index contributed by atoms with van der Waals surface area (Å²) in [5, 5.41) is 23.8. The molecule has 1 rings (SSSR count). The van der Waals surface area contributed by atoms with Crippen LogP contribution in [0.4, 0.5) is 24.5 Å². The molecule has 158 valence electrons. The number of halogens is 3. The molecular weight excluding hydrogens is 381 g/mol. The molecule has 1 aromatic carbocycles. The molecule has 0 aliphatic rings. The van der Waals surface area contributed by atoms with Crippen molar-refractivity contribution in [1.82, 2.24) is 15.5 Å². The van der Waals surface area contributed by atoms with Gasteiger partial charge in [0.15, 0.2) is 5.69 Å². The monoisotopic (exact) mass is 407 g/mol. The third-order valence-corrected chi connectivity index (χ3v) is 3.76. The molecule has 0 aliphatic heterocycles. The number of carbonyl (C=O) groups is 1. The number of nitrogens with one attached hydrogen (secondary N) is 3. The summed E-state index contributed by atoms with van der Waals surface area (Å²) in [4.78, 5) is 12.6. The van der Waals surface area contributed by atoms with Crippen LogP contribution in [-0.4, -0.2) is 71.3 Å². The van der Waals surface area contributed by atoms with Crippen LogP contribution in [0.3, 0.4) is 0 Å². The number of anilines is 1. The summed E-state index contributed by atoms with van der Waals surface area (Å²) in [6, 6.07) is 6.44. The fourth-order valence-corrected chi connectivity index (χ4v) is 2.29. The van der Waals surface area contributed by atoms with E-state index in [4.69, 9.17) is 10.9 Å². The predicted octanol–water partition coefficient (Wildman–Crippen LogP) is 0.816. The third kappa shape index (κ3) is 7.88. The number of guanidine groups is 1. The zero-order valence-corrected chi connectivity index (χ0v) is 15.5. The molecule has 7 N–H and O–H groups in total. The minimum atomic E-state index is -4.86. The van der Waals surface area contributed by atoms with Crippen molar-refractivity contribution >= 4 is 23.2 Å². The Morgan fingerprint density at radius 3 is 2.32 bits per heavy atom. The van der Waals surface area contributed by atoms with Gasteiger partial charge in [0.1, 0.15) is 5.69 Å². The highest BCUT2D eigenvalue weighted by molar-refractivity contribution is 5.81. The molecule has 0 atom stereocenters. The highest BCUT2D eigenvalue weighted by Crippen LogP contribution is 2.21. The van der Waals surface area contributed by atoms with Crippen molar-refractivity contribution < 1.29 is 33.1 Å². The second-order valence-electron chi connectivity index (χ2n) is 6.02. The first-order valence-electron chi connectivity index (χ1n) is 8.54. The van der Waals surface area contributed by atoms with E-state index in [0.29, 0.717) is 37.2 Å². The molecular formula is C16H26F3N6O3+. The largest absolute Gasteiger partial charge is 0.471 e. The van der Waals surface area contributed by atoms with E-state index < -0.39 is 12.1 Å². The van der Waals surface area contributed by atoms with Crippen molar-refractivity contribution in [2.45, 2.75) is 19.0 Å². The van der Waals surface area contributed by atoms with E-state index in [-0.39, 0.29) is 23.9 Å². The number of para-hydroxylation sites is 2. The van der Waals surface area contributed by atoms with Crippen LogP contribution in [0.5, 0.6) is 0 Å². The van der Waals surface area contributed by atoms with Crippen LogP contribution in [0.15, 0.2) is 24.3 Å². The Labute approximate surface area is 160 Å². The molecule has 0 aliphatic carbocycles. The van der Waals surface area contributed by atoms with Gasteiger partial charge in [0.2, 0.25) is 0 Å². The minimum Gasteiger partial charge on any atom is -0.371 e. The van der Waals surface area contributed by atoms with Gasteiger partial charge in [-0.15, -0.1) is 0 Å². The molecule has 0 heterocycles. The fraction of sp³-hybridized carbons (Fsp3) is 0.500. The van der Waals surface area contributed by atoms with E-state index in [9.17, 15) is 23.2 Å². The molecule has 0 saturated heterocycles. The molecule has 1 aromatic rings. The van der Waals surface area contributed by atoms with Crippen molar-refractivity contribution in [3.63, 3.8) is 0 Å². The lowest BCUT2D eigenvalue weighted by Crippen LogP contribution is -2.40. The van der Waals surface area contributed by atoms with Gasteiger partial charge in [-0.1, -0.05) is 16.9 Å². The number of nitrogens with two attached hydrogens (primary N) is 1. The first kappa shape index (κ1) is 23.3. The Kier molecular flexibility index (Phi) is 9.32. The van der Waals surface area contributed by atoms with Gasteiger partial charge in [0, 0.05) is 13.1 Å². The van der Waals surface area contributed by atoms with E-state index in [1.165, 1.54) is 0 Å². The highest BCUT2D eigenvalue weighted by Gasteiger charge is 2.38. The molecule has 0 saturated carbocycles. The number of carbonyl (C=O) groups excluding carboxylic acids is 1. The van der Waals surface area contributed by atoms with Crippen molar-refractivity contribution in [2.75, 3.05) is 38.7 Å². The second-order valence-corrected chi connectivity index (χ2v) is 6.02. The lowest BCUT2D eigenvalue weighted by Gasteiger charge is -2.16. The molecule has 0 bridgehead atoms. The topological polar surface area (TPSA) is 126 Å². The lowest BCUT2D eigenvalue weighted by molar-refractivity contribution is -0.714. The summed E-state index contributed by atoms with van der Waals surface area (Å²) in [5.41, 5.74) is 8.27.